The highest BCUT2D eigenvalue weighted by atomic mass is 15.1. The quantitative estimate of drug-likeness (QED) is 0.154. The molecule has 196 valence electrons. The molecule has 0 radical (unpaired) electrons. The molecule has 7 rings (SSSR count). The Labute approximate surface area is 241 Å². The molecule has 7 aromatic carbocycles. The summed E-state index contributed by atoms with van der Waals surface area (Å²) < 4.78 is 0. The van der Waals surface area contributed by atoms with E-state index in [1.165, 1.54) is 59.8 Å². The lowest BCUT2D eigenvalue weighted by Crippen LogP contribution is -2.14. The van der Waals surface area contributed by atoms with Crippen molar-refractivity contribution in [1.82, 2.24) is 0 Å². The number of benzene rings is 7. The third-order valence-corrected chi connectivity index (χ3v) is 8.59. The molecule has 0 atom stereocenters. The van der Waals surface area contributed by atoms with Gasteiger partial charge < -0.3 is 4.90 Å². The number of nitrogens with zero attached hydrogens (tertiary/aromatic N) is 1. The minimum atomic E-state index is 0.954. The normalized spacial score (nSPS) is 11.5. The first-order valence-electron chi connectivity index (χ1n) is 14.0. The Bertz CT molecular complexity index is 2140. The van der Waals surface area contributed by atoms with E-state index in [9.17, 15) is 0 Å². The van der Waals surface area contributed by atoms with Crippen molar-refractivity contribution in [2.24, 2.45) is 0 Å². The van der Waals surface area contributed by atoms with Crippen molar-refractivity contribution in [3.8, 4) is 11.1 Å². The molecule has 0 unspecified atom stereocenters. The van der Waals surface area contributed by atoms with E-state index >= 15 is 0 Å². The number of anilines is 1. The summed E-state index contributed by atoms with van der Waals surface area (Å²) in [6.07, 6.45) is 3.95. The minimum Gasteiger partial charge on any atom is -0.345 e. The maximum absolute atomic E-state index is 4.57. The van der Waals surface area contributed by atoms with Crippen molar-refractivity contribution in [2.75, 3.05) is 11.9 Å². The average molecular weight is 526 g/mol. The molecule has 0 saturated heterocycles. The van der Waals surface area contributed by atoms with Gasteiger partial charge in [0.25, 0.3) is 0 Å². The summed E-state index contributed by atoms with van der Waals surface area (Å²) in [6.45, 7) is 15.1. The van der Waals surface area contributed by atoms with Crippen LogP contribution >= 0.6 is 0 Å². The van der Waals surface area contributed by atoms with Crippen molar-refractivity contribution in [3.05, 3.63) is 145 Å². The van der Waals surface area contributed by atoms with Crippen LogP contribution in [0.5, 0.6) is 0 Å². The highest BCUT2D eigenvalue weighted by molar-refractivity contribution is 6.36. The first-order chi connectivity index (χ1) is 20.0. The molecular weight excluding hydrogens is 494 g/mol. The minimum absolute atomic E-state index is 0.954. The Morgan fingerprint density at radius 1 is 0.610 bits per heavy atom. The van der Waals surface area contributed by atoms with E-state index < -0.39 is 0 Å². The SMILES string of the molecule is C=Cc1ccc2c3ccc(C=C)c4c(-c5cccc(C)c5)ccc(c5ccc(C(=C)N(C)c6ccccc6)c1c25)c43. The van der Waals surface area contributed by atoms with Crippen LogP contribution in [0.2, 0.25) is 0 Å². The maximum atomic E-state index is 4.57. The van der Waals surface area contributed by atoms with E-state index in [4.69, 9.17) is 0 Å². The highest BCUT2D eigenvalue weighted by Gasteiger charge is 2.21. The zero-order valence-corrected chi connectivity index (χ0v) is 23.5. The summed E-state index contributed by atoms with van der Waals surface area (Å²) in [5.41, 5.74) is 9.16. The van der Waals surface area contributed by atoms with Crippen LogP contribution < -0.4 is 4.90 Å². The number of aryl methyl sites for hydroxylation is 1. The van der Waals surface area contributed by atoms with Crippen LogP contribution in [-0.4, -0.2) is 7.05 Å². The molecule has 0 amide bonds. The van der Waals surface area contributed by atoms with E-state index in [1.807, 2.05) is 18.2 Å². The topological polar surface area (TPSA) is 3.24 Å². The Morgan fingerprint density at radius 3 is 1.83 bits per heavy atom. The predicted octanol–water partition coefficient (Wildman–Crippen LogP) is 11.1. The Hall–Kier alpha value is -5.14. The molecule has 7 aromatic rings. The third kappa shape index (κ3) is 3.70. The first-order valence-corrected chi connectivity index (χ1v) is 14.0. The van der Waals surface area contributed by atoms with Crippen molar-refractivity contribution >= 4 is 66.6 Å². The van der Waals surface area contributed by atoms with Crippen LogP contribution in [0.15, 0.2) is 123 Å². The van der Waals surface area contributed by atoms with E-state index in [0.29, 0.717) is 0 Å². The zero-order chi connectivity index (χ0) is 28.2. The van der Waals surface area contributed by atoms with E-state index in [2.05, 4.69) is 136 Å². The van der Waals surface area contributed by atoms with Gasteiger partial charge in [-0.1, -0.05) is 128 Å². The van der Waals surface area contributed by atoms with Crippen molar-refractivity contribution in [3.63, 3.8) is 0 Å². The molecule has 1 nitrogen and oxygen atoms in total. The Kier molecular flexibility index (Phi) is 5.76. The molecular formula is C40H31N. The van der Waals surface area contributed by atoms with Crippen LogP contribution in [-0.2, 0) is 0 Å². The monoisotopic (exact) mass is 525 g/mol. The maximum Gasteiger partial charge on any atom is 0.0415 e. The van der Waals surface area contributed by atoms with Gasteiger partial charge in [0.1, 0.15) is 0 Å². The molecule has 0 saturated carbocycles. The predicted molar refractivity (Wildman–Crippen MR) is 182 cm³/mol. The second-order valence-electron chi connectivity index (χ2n) is 10.8. The molecule has 0 N–H and O–H groups in total. The number of para-hydroxylation sites is 1. The van der Waals surface area contributed by atoms with E-state index in [0.717, 1.165) is 28.1 Å². The second kappa shape index (κ2) is 9.50. The van der Waals surface area contributed by atoms with Gasteiger partial charge in [-0.25, -0.2) is 0 Å². The van der Waals surface area contributed by atoms with Crippen LogP contribution in [0.1, 0.15) is 22.3 Å². The van der Waals surface area contributed by atoms with Gasteiger partial charge in [0.05, 0.1) is 0 Å². The lowest BCUT2D eigenvalue weighted by molar-refractivity contribution is 1.23. The smallest absolute Gasteiger partial charge is 0.0415 e. The van der Waals surface area contributed by atoms with Crippen LogP contribution in [0, 0.1) is 6.92 Å². The number of rotatable bonds is 6. The largest absolute Gasteiger partial charge is 0.345 e. The molecule has 41 heavy (non-hydrogen) atoms. The molecule has 0 bridgehead atoms. The number of hydrogen-bond acceptors (Lipinski definition) is 1. The van der Waals surface area contributed by atoms with Gasteiger partial charge in [-0.05, 0) is 84.4 Å². The fourth-order valence-corrected chi connectivity index (χ4v) is 6.56. The lowest BCUT2D eigenvalue weighted by atomic mass is 9.83. The van der Waals surface area contributed by atoms with Crippen molar-refractivity contribution < 1.29 is 0 Å². The van der Waals surface area contributed by atoms with E-state index in [-0.39, 0.29) is 0 Å². The molecule has 0 aliphatic rings. The van der Waals surface area contributed by atoms with Crippen molar-refractivity contribution in [1.29, 1.82) is 0 Å². The van der Waals surface area contributed by atoms with Gasteiger partial charge in [-0.15, -0.1) is 0 Å². The van der Waals surface area contributed by atoms with Gasteiger partial charge in [0, 0.05) is 24.0 Å². The van der Waals surface area contributed by atoms with Crippen LogP contribution in [0.4, 0.5) is 5.69 Å². The van der Waals surface area contributed by atoms with Crippen molar-refractivity contribution in [2.45, 2.75) is 6.92 Å². The summed E-state index contributed by atoms with van der Waals surface area (Å²) in [5.74, 6) is 0. The number of fused-ring (bicyclic) bond motifs is 2. The average Bonchev–Trinajstić information content (AvgIpc) is 3.02. The molecule has 0 aromatic heterocycles. The standard InChI is InChI=1S/C40H31N/c1-6-27-16-18-33-34-19-17-28(7-2)38-32(29-13-11-12-25(3)24-29)21-23-36(40(34)38)35-22-20-31(37(27)39(33)35)26(4)41(5)30-14-9-8-10-15-30/h6-24H,1-2,4H2,3,5H3. The van der Waals surface area contributed by atoms with E-state index in [1.54, 1.807) is 0 Å². The number of hydrogen-bond donors (Lipinski definition) is 0. The summed E-state index contributed by atoms with van der Waals surface area (Å²) in [5, 5.41) is 9.98. The molecule has 0 aliphatic heterocycles. The summed E-state index contributed by atoms with van der Waals surface area (Å²) >= 11 is 0. The van der Waals surface area contributed by atoms with Crippen LogP contribution in [0.25, 0.3) is 72.1 Å². The van der Waals surface area contributed by atoms with Gasteiger partial charge in [-0.3, -0.25) is 0 Å². The Morgan fingerprint density at radius 2 is 1.20 bits per heavy atom. The Balaban J connectivity index is 1.60. The fraction of sp³-hybridized carbons (Fsp3) is 0.0500. The second-order valence-corrected chi connectivity index (χ2v) is 10.8. The lowest BCUT2D eigenvalue weighted by Gasteiger charge is -2.25. The molecule has 0 aliphatic carbocycles. The summed E-state index contributed by atoms with van der Waals surface area (Å²) in [4.78, 5) is 2.17. The van der Waals surface area contributed by atoms with Gasteiger partial charge in [-0.2, -0.15) is 0 Å². The zero-order valence-electron chi connectivity index (χ0n) is 23.5. The third-order valence-electron chi connectivity index (χ3n) is 8.59. The first kappa shape index (κ1) is 24.9. The molecule has 0 heterocycles. The van der Waals surface area contributed by atoms with Gasteiger partial charge >= 0.3 is 0 Å². The summed E-state index contributed by atoms with van der Waals surface area (Å²) in [7, 11) is 2.08. The van der Waals surface area contributed by atoms with Crippen LogP contribution in [0.3, 0.4) is 0 Å². The molecule has 0 spiro atoms. The molecule has 1 heteroatoms. The van der Waals surface area contributed by atoms with Gasteiger partial charge in [0.15, 0.2) is 0 Å². The van der Waals surface area contributed by atoms with Gasteiger partial charge in [0.2, 0.25) is 0 Å². The fourth-order valence-electron chi connectivity index (χ4n) is 6.56. The molecule has 0 fully saturated rings. The highest BCUT2D eigenvalue weighted by Crippen LogP contribution is 2.46. The summed E-state index contributed by atoms with van der Waals surface area (Å²) in [6, 6.07) is 37.2.